The van der Waals surface area contributed by atoms with E-state index < -0.39 is 0 Å². The fourth-order valence-electron chi connectivity index (χ4n) is 2.62. The van der Waals surface area contributed by atoms with Crippen molar-refractivity contribution in [1.29, 1.82) is 0 Å². The number of piperazine rings is 1. The van der Waals surface area contributed by atoms with Crippen LogP contribution in [0.15, 0.2) is 24.3 Å². The molecule has 0 amide bonds. The molecule has 0 bridgehead atoms. The van der Waals surface area contributed by atoms with Crippen molar-refractivity contribution in [3.05, 3.63) is 29.8 Å². The molecule has 0 radical (unpaired) electrons. The van der Waals surface area contributed by atoms with Crippen molar-refractivity contribution in [3.63, 3.8) is 0 Å². The van der Waals surface area contributed by atoms with Gasteiger partial charge in [-0.3, -0.25) is 4.90 Å². The lowest BCUT2D eigenvalue weighted by molar-refractivity contribution is 0.211. The summed E-state index contributed by atoms with van der Waals surface area (Å²) in [6.07, 6.45) is 1.19. The van der Waals surface area contributed by atoms with Crippen molar-refractivity contribution in [1.82, 2.24) is 4.90 Å². The second-order valence-electron chi connectivity index (χ2n) is 6.79. The van der Waals surface area contributed by atoms with Crippen LogP contribution in [0.4, 0.5) is 5.69 Å². The lowest BCUT2D eigenvalue weighted by Gasteiger charge is -2.37. The largest absolute Gasteiger partial charge is 0.369 e. The summed E-state index contributed by atoms with van der Waals surface area (Å²) < 4.78 is 0. The molecule has 2 rings (SSSR count). The highest BCUT2D eigenvalue weighted by molar-refractivity contribution is 5.48. The number of nitrogens with two attached hydrogens (primary N) is 1. The van der Waals surface area contributed by atoms with Gasteiger partial charge in [-0.2, -0.15) is 0 Å². The molecule has 3 nitrogen and oxygen atoms in total. The third-order valence-electron chi connectivity index (χ3n) is 4.40. The van der Waals surface area contributed by atoms with Crippen LogP contribution in [0.1, 0.15) is 25.8 Å². The van der Waals surface area contributed by atoms with E-state index in [4.69, 9.17) is 5.73 Å². The fraction of sp³-hybridized carbons (Fsp3) is 0.647. The van der Waals surface area contributed by atoms with Gasteiger partial charge in [0.1, 0.15) is 0 Å². The molecule has 1 saturated heterocycles. The van der Waals surface area contributed by atoms with Gasteiger partial charge in [0.2, 0.25) is 0 Å². The maximum atomic E-state index is 5.81. The van der Waals surface area contributed by atoms with Gasteiger partial charge in [0, 0.05) is 31.9 Å². The molecular weight excluding hydrogens is 246 g/mol. The molecule has 0 atom stereocenters. The third kappa shape index (κ3) is 4.22. The lowest BCUT2D eigenvalue weighted by atomic mass is 9.89. The quantitative estimate of drug-likeness (QED) is 0.896. The molecule has 3 heteroatoms. The van der Waals surface area contributed by atoms with Crippen LogP contribution in [0, 0.1) is 12.3 Å². The lowest BCUT2D eigenvalue weighted by Crippen LogP contribution is -2.47. The Morgan fingerprint density at radius 3 is 2.45 bits per heavy atom. The molecule has 1 fully saturated rings. The van der Waals surface area contributed by atoms with Gasteiger partial charge in [0.05, 0.1) is 0 Å². The standard InChI is InChI=1S/C17H29N3/c1-15-5-4-6-16(13-15)20-11-9-19(10-12-20)8-7-17(2,3)14-18/h4-6,13H,7-12,14,18H2,1-3H3. The Bertz CT molecular complexity index is 420. The molecule has 112 valence electrons. The second-order valence-corrected chi connectivity index (χ2v) is 6.79. The van der Waals surface area contributed by atoms with Crippen LogP contribution in [0.5, 0.6) is 0 Å². The van der Waals surface area contributed by atoms with E-state index in [1.54, 1.807) is 0 Å². The van der Waals surface area contributed by atoms with Gasteiger partial charge in [0.15, 0.2) is 0 Å². The molecule has 0 aromatic heterocycles. The first-order chi connectivity index (χ1) is 9.50. The first-order valence-electron chi connectivity index (χ1n) is 7.74. The Balaban J connectivity index is 1.81. The van der Waals surface area contributed by atoms with Crippen LogP contribution in [-0.2, 0) is 0 Å². The van der Waals surface area contributed by atoms with Gasteiger partial charge >= 0.3 is 0 Å². The molecule has 2 N–H and O–H groups in total. The minimum absolute atomic E-state index is 0.272. The van der Waals surface area contributed by atoms with Crippen molar-refractivity contribution in [3.8, 4) is 0 Å². The minimum Gasteiger partial charge on any atom is -0.369 e. The Morgan fingerprint density at radius 2 is 1.85 bits per heavy atom. The van der Waals surface area contributed by atoms with E-state index in [0.717, 1.165) is 32.7 Å². The van der Waals surface area contributed by atoms with E-state index in [1.165, 1.54) is 24.2 Å². The smallest absolute Gasteiger partial charge is 0.0369 e. The number of hydrogen-bond donors (Lipinski definition) is 1. The van der Waals surface area contributed by atoms with Crippen LogP contribution in [0.25, 0.3) is 0 Å². The molecular formula is C17H29N3. The molecule has 1 aliphatic heterocycles. The van der Waals surface area contributed by atoms with Crippen molar-refractivity contribution in [2.75, 3.05) is 44.2 Å². The molecule has 1 aliphatic rings. The van der Waals surface area contributed by atoms with E-state index in [9.17, 15) is 0 Å². The van der Waals surface area contributed by atoms with E-state index >= 15 is 0 Å². The summed E-state index contributed by atoms with van der Waals surface area (Å²) in [7, 11) is 0. The van der Waals surface area contributed by atoms with Gasteiger partial charge in [0.25, 0.3) is 0 Å². The summed E-state index contributed by atoms with van der Waals surface area (Å²) in [5.41, 5.74) is 8.79. The van der Waals surface area contributed by atoms with Crippen molar-refractivity contribution < 1.29 is 0 Å². The van der Waals surface area contributed by atoms with Gasteiger partial charge in [-0.25, -0.2) is 0 Å². The third-order valence-corrected chi connectivity index (χ3v) is 4.40. The van der Waals surface area contributed by atoms with Crippen LogP contribution in [0.3, 0.4) is 0 Å². The first kappa shape index (κ1) is 15.3. The highest BCUT2D eigenvalue weighted by Crippen LogP contribution is 2.21. The van der Waals surface area contributed by atoms with E-state index in [1.807, 2.05) is 0 Å². The summed E-state index contributed by atoms with van der Waals surface area (Å²) in [4.78, 5) is 5.07. The van der Waals surface area contributed by atoms with Gasteiger partial charge in [-0.05, 0) is 49.5 Å². The van der Waals surface area contributed by atoms with E-state index in [2.05, 4.69) is 54.8 Å². The highest BCUT2D eigenvalue weighted by atomic mass is 15.3. The summed E-state index contributed by atoms with van der Waals surface area (Å²) in [5.74, 6) is 0. The number of aryl methyl sites for hydroxylation is 1. The summed E-state index contributed by atoms with van der Waals surface area (Å²) in [6.45, 7) is 13.2. The van der Waals surface area contributed by atoms with E-state index in [-0.39, 0.29) is 5.41 Å². The number of benzene rings is 1. The first-order valence-corrected chi connectivity index (χ1v) is 7.74. The average Bonchev–Trinajstić information content (AvgIpc) is 2.46. The molecule has 0 unspecified atom stereocenters. The van der Waals surface area contributed by atoms with E-state index in [0.29, 0.717) is 0 Å². The Hall–Kier alpha value is -1.06. The SMILES string of the molecule is Cc1cccc(N2CCN(CCC(C)(C)CN)CC2)c1. The Morgan fingerprint density at radius 1 is 1.15 bits per heavy atom. The molecule has 1 aromatic carbocycles. The molecule has 0 spiro atoms. The summed E-state index contributed by atoms with van der Waals surface area (Å²) >= 11 is 0. The van der Waals surface area contributed by atoms with Gasteiger partial charge in [-0.1, -0.05) is 26.0 Å². The zero-order chi connectivity index (χ0) is 14.6. The van der Waals surface area contributed by atoms with Gasteiger partial charge < -0.3 is 10.6 Å². The maximum absolute atomic E-state index is 5.81. The van der Waals surface area contributed by atoms with Crippen molar-refractivity contribution in [2.45, 2.75) is 27.2 Å². The summed E-state index contributed by atoms with van der Waals surface area (Å²) in [6, 6.07) is 8.82. The molecule has 1 heterocycles. The average molecular weight is 275 g/mol. The number of nitrogens with zero attached hydrogens (tertiary/aromatic N) is 2. The van der Waals surface area contributed by atoms with Crippen LogP contribution < -0.4 is 10.6 Å². The van der Waals surface area contributed by atoms with Crippen LogP contribution >= 0.6 is 0 Å². The minimum atomic E-state index is 0.272. The second kappa shape index (κ2) is 6.59. The van der Waals surface area contributed by atoms with Crippen molar-refractivity contribution >= 4 is 5.69 Å². The van der Waals surface area contributed by atoms with Crippen molar-refractivity contribution in [2.24, 2.45) is 11.1 Å². The molecule has 20 heavy (non-hydrogen) atoms. The monoisotopic (exact) mass is 275 g/mol. The molecule has 0 saturated carbocycles. The normalized spacial score (nSPS) is 17.5. The number of rotatable bonds is 5. The number of anilines is 1. The predicted octanol–water partition coefficient (Wildman–Crippen LogP) is 2.49. The zero-order valence-electron chi connectivity index (χ0n) is 13.2. The highest BCUT2D eigenvalue weighted by Gasteiger charge is 2.21. The topological polar surface area (TPSA) is 32.5 Å². The Kier molecular flexibility index (Phi) is 5.06. The molecule has 0 aliphatic carbocycles. The Labute approximate surface area is 123 Å². The predicted molar refractivity (Wildman–Crippen MR) is 87.3 cm³/mol. The number of hydrogen-bond acceptors (Lipinski definition) is 3. The fourth-order valence-corrected chi connectivity index (χ4v) is 2.62. The van der Waals surface area contributed by atoms with Crippen LogP contribution in [0.2, 0.25) is 0 Å². The summed E-state index contributed by atoms with van der Waals surface area (Å²) in [5, 5.41) is 0. The van der Waals surface area contributed by atoms with Gasteiger partial charge in [-0.15, -0.1) is 0 Å². The zero-order valence-corrected chi connectivity index (χ0v) is 13.2. The van der Waals surface area contributed by atoms with Crippen LogP contribution in [-0.4, -0.2) is 44.2 Å². The molecule has 1 aromatic rings. The maximum Gasteiger partial charge on any atom is 0.0369 e.